The van der Waals surface area contributed by atoms with Crippen molar-refractivity contribution in [1.82, 2.24) is 15.2 Å². The lowest BCUT2D eigenvalue weighted by Gasteiger charge is -2.22. The molecule has 1 aliphatic heterocycles. The molecule has 1 saturated heterocycles. The molecule has 0 spiro atoms. The standard InChI is InChI=1S/C16H25N3O3S/c1-16(2,3)12-10-23-13(18-12)7-8-17-14(20)11-6-5-9-19(11)15(21)22-4/h10-11H,5-9H2,1-4H3,(H,17,20)/t11-/m0/s1. The molecule has 1 aromatic heterocycles. The second-order valence-electron chi connectivity index (χ2n) is 6.74. The fourth-order valence-corrected chi connectivity index (χ4v) is 3.58. The van der Waals surface area contributed by atoms with Crippen LogP contribution in [-0.2, 0) is 21.4 Å². The number of methoxy groups -OCH3 is 1. The number of aromatic nitrogens is 1. The highest BCUT2D eigenvalue weighted by atomic mass is 32.1. The van der Waals surface area contributed by atoms with E-state index in [-0.39, 0.29) is 11.3 Å². The molecule has 0 bridgehead atoms. The van der Waals surface area contributed by atoms with Gasteiger partial charge in [0.05, 0.1) is 17.8 Å². The summed E-state index contributed by atoms with van der Waals surface area (Å²) in [6.07, 6.45) is 1.79. The average molecular weight is 339 g/mol. The number of carbonyl (C=O) groups excluding carboxylic acids is 2. The summed E-state index contributed by atoms with van der Waals surface area (Å²) in [6, 6.07) is -0.413. The highest BCUT2D eigenvalue weighted by Gasteiger charge is 2.34. The molecule has 2 heterocycles. The summed E-state index contributed by atoms with van der Waals surface area (Å²) >= 11 is 1.62. The maximum atomic E-state index is 12.3. The minimum Gasteiger partial charge on any atom is -0.453 e. The van der Waals surface area contributed by atoms with Crippen molar-refractivity contribution in [3.05, 3.63) is 16.1 Å². The highest BCUT2D eigenvalue weighted by Crippen LogP contribution is 2.24. The van der Waals surface area contributed by atoms with Crippen LogP contribution in [0.5, 0.6) is 0 Å². The fraction of sp³-hybridized carbons (Fsp3) is 0.688. The molecule has 1 atom stereocenters. The zero-order chi connectivity index (χ0) is 17.0. The van der Waals surface area contributed by atoms with Crippen molar-refractivity contribution in [3.8, 4) is 0 Å². The summed E-state index contributed by atoms with van der Waals surface area (Å²) in [6.45, 7) is 7.51. The van der Waals surface area contributed by atoms with Gasteiger partial charge < -0.3 is 10.1 Å². The van der Waals surface area contributed by atoms with Crippen LogP contribution in [0.1, 0.15) is 44.3 Å². The van der Waals surface area contributed by atoms with Crippen LogP contribution < -0.4 is 5.32 Å². The summed E-state index contributed by atoms with van der Waals surface area (Å²) in [4.78, 5) is 30.0. The highest BCUT2D eigenvalue weighted by molar-refractivity contribution is 7.09. The van der Waals surface area contributed by atoms with E-state index < -0.39 is 12.1 Å². The van der Waals surface area contributed by atoms with Crippen LogP contribution in [0.25, 0.3) is 0 Å². The van der Waals surface area contributed by atoms with Crippen LogP contribution in [-0.4, -0.2) is 48.1 Å². The van der Waals surface area contributed by atoms with Crippen LogP contribution in [0, 0.1) is 0 Å². The van der Waals surface area contributed by atoms with Crippen molar-refractivity contribution in [3.63, 3.8) is 0 Å². The van der Waals surface area contributed by atoms with E-state index in [0.717, 1.165) is 17.1 Å². The number of likely N-dealkylation sites (tertiary alicyclic amines) is 1. The molecule has 0 aliphatic carbocycles. The summed E-state index contributed by atoms with van der Waals surface area (Å²) in [7, 11) is 1.34. The van der Waals surface area contributed by atoms with Crippen LogP contribution in [0.15, 0.2) is 5.38 Å². The predicted octanol–water partition coefficient (Wildman–Crippen LogP) is 2.33. The Kier molecular flexibility index (Phi) is 5.62. The van der Waals surface area contributed by atoms with Gasteiger partial charge in [-0.25, -0.2) is 9.78 Å². The first kappa shape index (κ1) is 17.7. The van der Waals surface area contributed by atoms with E-state index in [1.165, 1.54) is 12.0 Å². The smallest absolute Gasteiger partial charge is 0.410 e. The van der Waals surface area contributed by atoms with Crippen molar-refractivity contribution in [1.29, 1.82) is 0 Å². The molecule has 7 heteroatoms. The normalized spacial score (nSPS) is 18.1. The Labute approximate surface area is 141 Å². The lowest BCUT2D eigenvalue weighted by molar-refractivity contribution is -0.125. The molecule has 0 unspecified atom stereocenters. The molecule has 1 fully saturated rings. The minimum absolute atomic E-state index is 0.0445. The molecule has 6 nitrogen and oxygen atoms in total. The van der Waals surface area contributed by atoms with Gasteiger partial charge in [0, 0.05) is 30.3 Å². The van der Waals surface area contributed by atoms with Gasteiger partial charge in [0.25, 0.3) is 0 Å². The largest absolute Gasteiger partial charge is 0.453 e. The third-order valence-electron chi connectivity index (χ3n) is 3.92. The molecule has 2 rings (SSSR count). The maximum Gasteiger partial charge on any atom is 0.410 e. The number of ether oxygens (including phenoxy) is 1. The Bertz CT molecular complexity index is 565. The monoisotopic (exact) mass is 339 g/mol. The van der Waals surface area contributed by atoms with Gasteiger partial charge in [-0.1, -0.05) is 20.8 Å². The Morgan fingerprint density at radius 3 is 2.83 bits per heavy atom. The Morgan fingerprint density at radius 2 is 2.22 bits per heavy atom. The third kappa shape index (κ3) is 4.43. The first-order valence-electron chi connectivity index (χ1n) is 7.90. The fourth-order valence-electron chi connectivity index (χ4n) is 2.56. The number of hydrogen-bond donors (Lipinski definition) is 1. The van der Waals surface area contributed by atoms with E-state index in [1.54, 1.807) is 11.3 Å². The molecule has 128 valence electrons. The lowest BCUT2D eigenvalue weighted by Crippen LogP contribution is -2.46. The van der Waals surface area contributed by atoms with Crippen molar-refractivity contribution in [2.75, 3.05) is 20.2 Å². The van der Waals surface area contributed by atoms with Gasteiger partial charge in [0.2, 0.25) is 5.91 Å². The molecule has 0 aromatic carbocycles. The Morgan fingerprint density at radius 1 is 1.48 bits per heavy atom. The molecule has 23 heavy (non-hydrogen) atoms. The zero-order valence-electron chi connectivity index (χ0n) is 14.2. The lowest BCUT2D eigenvalue weighted by atomic mass is 9.93. The van der Waals surface area contributed by atoms with Gasteiger partial charge in [-0.3, -0.25) is 9.69 Å². The average Bonchev–Trinajstić information content (AvgIpc) is 3.14. The molecular weight excluding hydrogens is 314 g/mol. The predicted molar refractivity (Wildman–Crippen MR) is 89.7 cm³/mol. The van der Waals surface area contributed by atoms with E-state index >= 15 is 0 Å². The second kappa shape index (κ2) is 7.29. The van der Waals surface area contributed by atoms with Crippen LogP contribution in [0.4, 0.5) is 4.79 Å². The first-order chi connectivity index (χ1) is 10.8. The van der Waals surface area contributed by atoms with Crippen molar-refractivity contribution in [2.45, 2.75) is 51.5 Å². The van der Waals surface area contributed by atoms with E-state index in [2.05, 4.69) is 36.5 Å². The third-order valence-corrected chi connectivity index (χ3v) is 4.83. The second-order valence-corrected chi connectivity index (χ2v) is 7.68. The number of carbonyl (C=O) groups is 2. The number of nitrogens with zero attached hydrogens (tertiary/aromatic N) is 2. The quantitative estimate of drug-likeness (QED) is 0.914. The molecule has 1 N–H and O–H groups in total. The van der Waals surface area contributed by atoms with Crippen LogP contribution in [0.2, 0.25) is 0 Å². The number of thiazole rings is 1. The minimum atomic E-state index is -0.433. The summed E-state index contributed by atoms with van der Waals surface area (Å²) in [5.74, 6) is -0.111. The van der Waals surface area contributed by atoms with E-state index in [4.69, 9.17) is 4.74 Å². The number of hydrogen-bond acceptors (Lipinski definition) is 5. The van der Waals surface area contributed by atoms with Gasteiger partial charge in [0.15, 0.2) is 0 Å². The van der Waals surface area contributed by atoms with E-state index in [1.807, 2.05) is 0 Å². The van der Waals surface area contributed by atoms with Gasteiger partial charge in [-0.05, 0) is 12.8 Å². The molecular formula is C16H25N3O3S. The molecule has 1 aromatic rings. The number of nitrogens with one attached hydrogen (secondary N) is 1. The Hall–Kier alpha value is -1.63. The van der Waals surface area contributed by atoms with Crippen molar-refractivity contribution in [2.24, 2.45) is 0 Å². The molecule has 2 amide bonds. The van der Waals surface area contributed by atoms with Gasteiger partial charge in [-0.2, -0.15) is 0 Å². The van der Waals surface area contributed by atoms with Gasteiger partial charge >= 0.3 is 6.09 Å². The van der Waals surface area contributed by atoms with Crippen molar-refractivity contribution < 1.29 is 14.3 Å². The first-order valence-corrected chi connectivity index (χ1v) is 8.78. The maximum absolute atomic E-state index is 12.3. The Balaban J connectivity index is 1.83. The van der Waals surface area contributed by atoms with Crippen molar-refractivity contribution >= 4 is 23.3 Å². The summed E-state index contributed by atoms with van der Waals surface area (Å²) in [5, 5.41) is 6.00. The number of rotatable bonds is 4. The van der Waals surface area contributed by atoms with Crippen LogP contribution in [0.3, 0.4) is 0 Å². The van der Waals surface area contributed by atoms with E-state index in [0.29, 0.717) is 25.9 Å². The zero-order valence-corrected chi connectivity index (χ0v) is 15.0. The molecule has 0 saturated carbocycles. The number of amides is 2. The molecule has 0 radical (unpaired) electrons. The summed E-state index contributed by atoms with van der Waals surface area (Å²) < 4.78 is 4.72. The molecule has 1 aliphatic rings. The van der Waals surface area contributed by atoms with Gasteiger partial charge in [0.1, 0.15) is 6.04 Å². The topological polar surface area (TPSA) is 71.5 Å². The summed E-state index contributed by atoms with van der Waals surface area (Å²) in [5.41, 5.74) is 1.12. The van der Waals surface area contributed by atoms with E-state index in [9.17, 15) is 9.59 Å². The SMILES string of the molecule is COC(=O)N1CCC[C@H]1C(=O)NCCc1nc(C(C)(C)C)cs1. The van der Waals surface area contributed by atoms with Crippen LogP contribution >= 0.6 is 11.3 Å². The van der Waals surface area contributed by atoms with Gasteiger partial charge in [-0.15, -0.1) is 11.3 Å².